The highest BCUT2D eigenvalue weighted by molar-refractivity contribution is 5.95. The molecule has 0 fully saturated rings. The first-order valence-electron chi connectivity index (χ1n) is 7.52. The number of anilines is 1. The standard InChI is InChI=1S/C18H19NO5/c1-2-23-16-9-7-15(8-10-16)19-17(21)12-24-18(22)14-5-3-13(11-20)4-6-14/h3-10,20H,2,11-12H2,1H3,(H,19,21). The Kier molecular flexibility index (Phi) is 6.33. The summed E-state index contributed by atoms with van der Waals surface area (Å²) >= 11 is 0. The van der Waals surface area contributed by atoms with Crippen LogP contribution in [-0.4, -0.2) is 30.2 Å². The summed E-state index contributed by atoms with van der Waals surface area (Å²) in [4.78, 5) is 23.6. The molecule has 6 nitrogen and oxygen atoms in total. The first kappa shape index (κ1) is 17.5. The number of amides is 1. The first-order chi connectivity index (χ1) is 11.6. The van der Waals surface area contributed by atoms with E-state index in [1.165, 1.54) is 12.1 Å². The van der Waals surface area contributed by atoms with Gasteiger partial charge in [0.15, 0.2) is 6.61 Å². The number of rotatable bonds is 7. The topological polar surface area (TPSA) is 84.9 Å². The van der Waals surface area contributed by atoms with Crippen LogP contribution in [0, 0.1) is 0 Å². The molecule has 0 aliphatic carbocycles. The number of carbonyl (C=O) groups is 2. The molecule has 0 aliphatic rings. The van der Waals surface area contributed by atoms with E-state index >= 15 is 0 Å². The Hall–Kier alpha value is -2.86. The fraction of sp³-hybridized carbons (Fsp3) is 0.222. The van der Waals surface area contributed by atoms with Crippen LogP contribution in [0.3, 0.4) is 0 Å². The van der Waals surface area contributed by atoms with Crippen molar-refractivity contribution in [1.29, 1.82) is 0 Å². The fourth-order valence-electron chi connectivity index (χ4n) is 1.96. The number of benzene rings is 2. The molecule has 2 N–H and O–H groups in total. The molecule has 0 spiro atoms. The third-order valence-corrected chi connectivity index (χ3v) is 3.16. The molecule has 6 heteroatoms. The summed E-state index contributed by atoms with van der Waals surface area (Å²) in [6, 6.07) is 13.2. The van der Waals surface area contributed by atoms with Gasteiger partial charge in [-0.25, -0.2) is 4.79 Å². The van der Waals surface area contributed by atoms with Gasteiger partial charge in [-0.1, -0.05) is 12.1 Å². The zero-order valence-corrected chi connectivity index (χ0v) is 13.3. The molecule has 24 heavy (non-hydrogen) atoms. The van der Waals surface area contributed by atoms with E-state index in [0.29, 0.717) is 29.2 Å². The van der Waals surface area contributed by atoms with Crippen LogP contribution in [0.1, 0.15) is 22.8 Å². The number of carbonyl (C=O) groups excluding carboxylic acids is 2. The number of hydrogen-bond donors (Lipinski definition) is 2. The highest BCUT2D eigenvalue weighted by atomic mass is 16.5. The van der Waals surface area contributed by atoms with Gasteiger partial charge in [-0.3, -0.25) is 4.79 Å². The number of aliphatic hydroxyl groups excluding tert-OH is 1. The Morgan fingerprint density at radius 3 is 2.29 bits per heavy atom. The number of hydrogen-bond acceptors (Lipinski definition) is 5. The monoisotopic (exact) mass is 329 g/mol. The van der Waals surface area contributed by atoms with E-state index in [0.717, 1.165) is 0 Å². The van der Waals surface area contributed by atoms with Gasteiger partial charge in [-0.05, 0) is 48.9 Å². The molecule has 0 radical (unpaired) electrons. The van der Waals surface area contributed by atoms with E-state index in [1.807, 2.05) is 6.92 Å². The smallest absolute Gasteiger partial charge is 0.338 e. The van der Waals surface area contributed by atoms with Gasteiger partial charge in [0.25, 0.3) is 5.91 Å². The van der Waals surface area contributed by atoms with E-state index < -0.39 is 11.9 Å². The lowest BCUT2D eigenvalue weighted by Crippen LogP contribution is -2.20. The third-order valence-electron chi connectivity index (χ3n) is 3.16. The normalized spacial score (nSPS) is 10.1. The molecule has 0 atom stereocenters. The number of esters is 1. The van der Waals surface area contributed by atoms with Crippen molar-refractivity contribution in [1.82, 2.24) is 0 Å². The lowest BCUT2D eigenvalue weighted by atomic mass is 10.1. The minimum atomic E-state index is -0.596. The van der Waals surface area contributed by atoms with Crippen molar-refractivity contribution in [3.63, 3.8) is 0 Å². The second-order valence-corrected chi connectivity index (χ2v) is 4.94. The minimum Gasteiger partial charge on any atom is -0.494 e. The van der Waals surface area contributed by atoms with Crippen molar-refractivity contribution in [2.75, 3.05) is 18.5 Å². The van der Waals surface area contributed by atoms with Crippen molar-refractivity contribution in [3.8, 4) is 5.75 Å². The molecule has 2 aromatic rings. The van der Waals surface area contributed by atoms with E-state index in [1.54, 1.807) is 36.4 Å². The van der Waals surface area contributed by atoms with Gasteiger partial charge in [-0.15, -0.1) is 0 Å². The van der Waals surface area contributed by atoms with Crippen LogP contribution < -0.4 is 10.1 Å². The Labute approximate surface area is 140 Å². The van der Waals surface area contributed by atoms with Crippen LogP contribution in [0.25, 0.3) is 0 Å². The summed E-state index contributed by atoms with van der Waals surface area (Å²) in [7, 11) is 0. The number of ether oxygens (including phenoxy) is 2. The fourth-order valence-corrected chi connectivity index (χ4v) is 1.96. The highest BCUT2D eigenvalue weighted by Gasteiger charge is 2.10. The molecule has 2 aromatic carbocycles. The van der Waals surface area contributed by atoms with Crippen LogP contribution in [0.2, 0.25) is 0 Å². The zero-order chi connectivity index (χ0) is 17.4. The molecule has 0 saturated heterocycles. The molecule has 1 amide bonds. The quantitative estimate of drug-likeness (QED) is 0.762. The Morgan fingerprint density at radius 2 is 1.71 bits per heavy atom. The van der Waals surface area contributed by atoms with Crippen molar-refractivity contribution >= 4 is 17.6 Å². The second kappa shape index (κ2) is 8.69. The van der Waals surface area contributed by atoms with E-state index in [9.17, 15) is 9.59 Å². The lowest BCUT2D eigenvalue weighted by Gasteiger charge is -2.08. The second-order valence-electron chi connectivity index (χ2n) is 4.94. The summed E-state index contributed by atoms with van der Waals surface area (Å²) in [5.74, 6) is -0.311. The Morgan fingerprint density at radius 1 is 1.04 bits per heavy atom. The lowest BCUT2D eigenvalue weighted by molar-refractivity contribution is -0.119. The SMILES string of the molecule is CCOc1ccc(NC(=O)COC(=O)c2ccc(CO)cc2)cc1. The predicted molar refractivity (Wildman–Crippen MR) is 88.9 cm³/mol. The largest absolute Gasteiger partial charge is 0.494 e. The van der Waals surface area contributed by atoms with Crippen LogP contribution in [0.15, 0.2) is 48.5 Å². The van der Waals surface area contributed by atoms with E-state index in [4.69, 9.17) is 14.6 Å². The number of aliphatic hydroxyl groups is 1. The summed E-state index contributed by atoms with van der Waals surface area (Å²) in [6.45, 7) is 1.98. The van der Waals surface area contributed by atoms with Gasteiger partial charge < -0.3 is 19.9 Å². The van der Waals surface area contributed by atoms with Gasteiger partial charge in [0.2, 0.25) is 0 Å². The van der Waals surface area contributed by atoms with Crippen molar-refractivity contribution in [3.05, 3.63) is 59.7 Å². The van der Waals surface area contributed by atoms with Crippen LogP contribution in [0.5, 0.6) is 5.75 Å². The molecule has 0 aliphatic heterocycles. The maximum atomic E-state index is 11.8. The van der Waals surface area contributed by atoms with Crippen LogP contribution >= 0.6 is 0 Å². The summed E-state index contributed by atoms with van der Waals surface area (Å²) in [6.07, 6.45) is 0. The van der Waals surface area contributed by atoms with Gasteiger partial charge >= 0.3 is 5.97 Å². The first-order valence-corrected chi connectivity index (χ1v) is 7.52. The molecule has 0 aromatic heterocycles. The number of nitrogens with one attached hydrogen (secondary N) is 1. The van der Waals surface area contributed by atoms with E-state index in [-0.39, 0.29) is 13.2 Å². The van der Waals surface area contributed by atoms with Gasteiger partial charge in [0.05, 0.1) is 18.8 Å². The zero-order valence-electron chi connectivity index (χ0n) is 13.3. The van der Waals surface area contributed by atoms with Gasteiger partial charge in [0.1, 0.15) is 5.75 Å². The van der Waals surface area contributed by atoms with Gasteiger partial charge in [0, 0.05) is 5.69 Å². The Balaban J connectivity index is 1.82. The molecular weight excluding hydrogens is 310 g/mol. The minimum absolute atomic E-state index is 0.0974. The maximum absolute atomic E-state index is 11.8. The summed E-state index contributed by atoms with van der Waals surface area (Å²) in [5.41, 5.74) is 1.60. The maximum Gasteiger partial charge on any atom is 0.338 e. The van der Waals surface area contributed by atoms with Crippen LogP contribution in [0.4, 0.5) is 5.69 Å². The molecule has 2 rings (SSSR count). The van der Waals surface area contributed by atoms with Crippen molar-refractivity contribution in [2.24, 2.45) is 0 Å². The molecule has 0 heterocycles. The highest BCUT2D eigenvalue weighted by Crippen LogP contribution is 2.15. The summed E-state index contributed by atoms with van der Waals surface area (Å²) in [5, 5.41) is 11.6. The van der Waals surface area contributed by atoms with Crippen molar-refractivity contribution in [2.45, 2.75) is 13.5 Å². The van der Waals surface area contributed by atoms with Gasteiger partial charge in [-0.2, -0.15) is 0 Å². The van der Waals surface area contributed by atoms with E-state index in [2.05, 4.69) is 5.32 Å². The molecule has 0 saturated carbocycles. The average Bonchev–Trinajstić information content (AvgIpc) is 2.61. The van der Waals surface area contributed by atoms with Crippen molar-refractivity contribution < 1.29 is 24.2 Å². The molecular formula is C18H19NO5. The predicted octanol–water partition coefficient (Wildman–Crippen LogP) is 2.37. The Bertz CT molecular complexity index is 680. The molecule has 0 unspecified atom stereocenters. The van der Waals surface area contributed by atoms with Crippen LogP contribution in [-0.2, 0) is 16.1 Å². The molecule has 126 valence electrons. The summed E-state index contributed by atoms with van der Waals surface area (Å²) < 4.78 is 10.3. The third kappa shape index (κ3) is 5.10. The average molecular weight is 329 g/mol. The molecule has 0 bridgehead atoms.